The number of hydrogen-bond acceptors (Lipinski definition) is 3. The highest BCUT2D eigenvalue weighted by atomic mass is 16.5. The SMILES string of the molecule is COC(C(N)=O)(c1ccccc1)c1ccc(C(=N)N)cc1. The molecule has 0 bridgehead atoms. The van der Waals surface area contributed by atoms with Gasteiger partial charge in [-0.2, -0.15) is 0 Å². The molecule has 1 amide bonds. The van der Waals surface area contributed by atoms with Crippen LogP contribution in [0.3, 0.4) is 0 Å². The van der Waals surface area contributed by atoms with Crippen molar-refractivity contribution in [2.45, 2.75) is 5.60 Å². The number of nitrogens with two attached hydrogens (primary N) is 2. The predicted molar refractivity (Wildman–Crippen MR) is 80.9 cm³/mol. The van der Waals surface area contributed by atoms with Gasteiger partial charge in [-0.3, -0.25) is 10.2 Å². The average Bonchev–Trinajstić information content (AvgIpc) is 2.50. The van der Waals surface area contributed by atoms with Crippen molar-refractivity contribution in [3.63, 3.8) is 0 Å². The molecule has 0 aliphatic heterocycles. The van der Waals surface area contributed by atoms with E-state index in [1.807, 2.05) is 18.2 Å². The minimum absolute atomic E-state index is 0.0386. The van der Waals surface area contributed by atoms with E-state index in [0.717, 1.165) is 0 Å². The lowest BCUT2D eigenvalue weighted by Crippen LogP contribution is -2.44. The van der Waals surface area contributed by atoms with Gasteiger partial charge in [0.05, 0.1) is 0 Å². The van der Waals surface area contributed by atoms with Crippen molar-refractivity contribution in [2.24, 2.45) is 11.5 Å². The zero-order chi connectivity index (χ0) is 15.5. The first-order chi connectivity index (χ1) is 10.0. The highest BCUT2D eigenvalue weighted by Gasteiger charge is 2.40. The smallest absolute Gasteiger partial charge is 0.259 e. The third-order valence-electron chi connectivity index (χ3n) is 3.44. The standard InChI is InChI=1S/C16H17N3O2/c1-21-16(15(19)20,12-5-3-2-4-6-12)13-9-7-11(8-10-13)14(17)18/h2-10H,1H3,(H3,17,18)(H2,19,20). The summed E-state index contributed by atoms with van der Waals surface area (Å²) in [5.41, 5.74) is 11.5. The normalized spacial score (nSPS) is 13.4. The number of hydrogen-bond donors (Lipinski definition) is 3. The second-order valence-electron chi connectivity index (χ2n) is 4.61. The van der Waals surface area contributed by atoms with E-state index in [0.29, 0.717) is 16.7 Å². The fourth-order valence-electron chi connectivity index (χ4n) is 2.34. The van der Waals surface area contributed by atoms with E-state index in [1.165, 1.54) is 7.11 Å². The summed E-state index contributed by atoms with van der Waals surface area (Å²) in [5, 5.41) is 7.41. The molecule has 0 saturated heterocycles. The minimum atomic E-state index is -1.36. The van der Waals surface area contributed by atoms with Crippen LogP contribution in [0.5, 0.6) is 0 Å². The van der Waals surface area contributed by atoms with E-state index in [4.69, 9.17) is 21.6 Å². The van der Waals surface area contributed by atoms with Crippen molar-refractivity contribution in [1.82, 2.24) is 0 Å². The van der Waals surface area contributed by atoms with Crippen LogP contribution in [-0.2, 0) is 15.1 Å². The molecule has 0 fully saturated rings. The fraction of sp³-hybridized carbons (Fsp3) is 0.125. The van der Waals surface area contributed by atoms with Crippen LogP contribution in [0.4, 0.5) is 0 Å². The lowest BCUT2D eigenvalue weighted by Gasteiger charge is -2.30. The minimum Gasteiger partial charge on any atom is -0.384 e. The van der Waals surface area contributed by atoms with Crippen LogP contribution in [0.2, 0.25) is 0 Å². The van der Waals surface area contributed by atoms with Gasteiger partial charge in [-0.1, -0.05) is 54.6 Å². The lowest BCUT2D eigenvalue weighted by atomic mass is 9.85. The number of rotatable bonds is 5. The van der Waals surface area contributed by atoms with E-state index >= 15 is 0 Å². The Morgan fingerprint density at radius 1 is 1.00 bits per heavy atom. The number of amides is 1. The molecule has 21 heavy (non-hydrogen) atoms. The average molecular weight is 283 g/mol. The maximum Gasteiger partial charge on any atom is 0.259 e. The van der Waals surface area contributed by atoms with E-state index in [1.54, 1.807) is 36.4 Å². The Labute approximate surface area is 123 Å². The van der Waals surface area contributed by atoms with Gasteiger partial charge in [0.25, 0.3) is 5.91 Å². The molecule has 0 aromatic heterocycles. The van der Waals surface area contributed by atoms with Crippen molar-refractivity contribution in [2.75, 3.05) is 7.11 Å². The highest BCUT2D eigenvalue weighted by Crippen LogP contribution is 2.33. The first-order valence-electron chi connectivity index (χ1n) is 6.38. The molecule has 2 rings (SSSR count). The van der Waals surface area contributed by atoms with Gasteiger partial charge in [0.15, 0.2) is 5.60 Å². The molecule has 0 saturated carbocycles. The predicted octanol–water partition coefficient (Wildman–Crippen LogP) is 1.35. The van der Waals surface area contributed by atoms with Gasteiger partial charge < -0.3 is 16.2 Å². The van der Waals surface area contributed by atoms with Crippen LogP contribution < -0.4 is 11.5 Å². The Balaban J connectivity index is 2.60. The van der Waals surface area contributed by atoms with Crippen LogP contribution in [0.25, 0.3) is 0 Å². The van der Waals surface area contributed by atoms with Crippen molar-refractivity contribution < 1.29 is 9.53 Å². The van der Waals surface area contributed by atoms with Gasteiger partial charge in [0, 0.05) is 12.7 Å². The second kappa shape index (κ2) is 5.76. The first-order valence-corrected chi connectivity index (χ1v) is 6.38. The Morgan fingerprint density at radius 3 is 1.95 bits per heavy atom. The molecule has 5 heteroatoms. The zero-order valence-corrected chi connectivity index (χ0v) is 11.7. The summed E-state index contributed by atoms with van der Waals surface area (Å²) in [6.45, 7) is 0. The number of primary amides is 1. The van der Waals surface area contributed by atoms with E-state index in [-0.39, 0.29) is 5.84 Å². The maximum atomic E-state index is 12.1. The summed E-state index contributed by atoms with van der Waals surface area (Å²) < 4.78 is 5.51. The van der Waals surface area contributed by atoms with Gasteiger partial charge in [-0.25, -0.2) is 0 Å². The van der Waals surface area contributed by atoms with E-state index < -0.39 is 11.5 Å². The number of carbonyl (C=O) groups is 1. The molecule has 0 aliphatic rings. The molecule has 1 atom stereocenters. The number of benzene rings is 2. The number of ether oxygens (including phenoxy) is 1. The summed E-state index contributed by atoms with van der Waals surface area (Å²) in [5.74, 6) is -0.643. The van der Waals surface area contributed by atoms with Gasteiger partial charge in [-0.15, -0.1) is 0 Å². The van der Waals surface area contributed by atoms with E-state index in [2.05, 4.69) is 0 Å². The van der Waals surface area contributed by atoms with Crippen LogP contribution >= 0.6 is 0 Å². The fourth-order valence-corrected chi connectivity index (χ4v) is 2.34. The number of amidine groups is 1. The first kappa shape index (κ1) is 14.7. The molecule has 0 radical (unpaired) electrons. The molecule has 0 aliphatic carbocycles. The van der Waals surface area contributed by atoms with Gasteiger partial charge >= 0.3 is 0 Å². The van der Waals surface area contributed by atoms with Crippen molar-refractivity contribution in [1.29, 1.82) is 5.41 Å². The van der Waals surface area contributed by atoms with E-state index in [9.17, 15) is 4.79 Å². The molecule has 108 valence electrons. The molecule has 0 heterocycles. The molecule has 5 nitrogen and oxygen atoms in total. The Morgan fingerprint density at radius 2 is 1.52 bits per heavy atom. The number of carbonyl (C=O) groups excluding carboxylic acids is 1. The summed E-state index contributed by atoms with van der Waals surface area (Å²) in [6, 6.07) is 15.8. The maximum absolute atomic E-state index is 12.1. The summed E-state index contributed by atoms with van der Waals surface area (Å²) in [4.78, 5) is 12.1. The molecule has 2 aromatic rings. The number of methoxy groups -OCH3 is 1. The zero-order valence-electron chi connectivity index (χ0n) is 11.7. The molecule has 2 aromatic carbocycles. The molecule has 0 spiro atoms. The van der Waals surface area contributed by atoms with Crippen LogP contribution in [0.1, 0.15) is 16.7 Å². The third-order valence-corrected chi connectivity index (χ3v) is 3.44. The van der Waals surface area contributed by atoms with Gasteiger partial charge in [0.2, 0.25) is 0 Å². The third kappa shape index (κ3) is 2.51. The van der Waals surface area contributed by atoms with Gasteiger partial charge in [0.1, 0.15) is 5.84 Å². The van der Waals surface area contributed by atoms with Crippen molar-refractivity contribution in [3.05, 3.63) is 71.3 Å². The lowest BCUT2D eigenvalue weighted by molar-refractivity contribution is -0.136. The summed E-state index contributed by atoms with van der Waals surface area (Å²) in [6.07, 6.45) is 0. The largest absolute Gasteiger partial charge is 0.384 e. The van der Waals surface area contributed by atoms with Gasteiger partial charge in [-0.05, 0) is 11.1 Å². The molecule has 1 unspecified atom stereocenters. The summed E-state index contributed by atoms with van der Waals surface area (Å²) in [7, 11) is 1.44. The monoisotopic (exact) mass is 283 g/mol. The second-order valence-corrected chi connectivity index (χ2v) is 4.61. The number of nitrogen functional groups attached to an aromatic ring is 1. The van der Waals surface area contributed by atoms with Crippen LogP contribution in [0.15, 0.2) is 54.6 Å². The van der Waals surface area contributed by atoms with Crippen LogP contribution in [-0.4, -0.2) is 18.9 Å². The topological polar surface area (TPSA) is 102 Å². The molecule has 5 N–H and O–H groups in total. The Bertz CT molecular complexity index is 653. The number of nitrogens with one attached hydrogen (secondary N) is 1. The molecular formula is C16H17N3O2. The summed E-state index contributed by atoms with van der Waals surface area (Å²) >= 11 is 0. The van der Waals surface area contributed by atoms with Crippen LogP contribution in [0, 0.1) is 5.41 Å². The van der Waals surface area contributed by atoms with Crippen molar-refractivity contribution >= 4 is 11.7 Å². The van der Waals surface area contributed by atoms with Crippen molar-refractivity contribution in [3.8, 4) is 0 Å². The highest BCUT2D eigenvalue weighted by molar-refractivity contribution is 5.95. The Hall–Kier alpha value is -2.66. The Kier molecular flexibility index (Phi) is 4.05. The molecular weight excluding hydrogens is 266 g/mol. The quantitative estimate of drug-likeness (QED) is 0.570.